The van der Waals surface area contributed by atoms with Gasteiger partial charge in [-0.3, -0.25) is 0 Å². The lowest BCUT2D eigenvalue weighted by Crippen LogP contribution is -2.32. The van der Waals surface area contributed by atoms with Crippen LogP contribution in [0.15, 0.2) is 42.5 Å². The molecule has 0 bridgehead atoms. The zero-order chi connectivity index (χ0) is 16.7. The number of nitrogens with one attached hydrogen (secondary N) is 1. The third-order valence-corrected chi connectivity index (χ3v) is 5.62. The highest BCUT2D eigenvalue weighted by molar-refractivity contribution is 7.89. The number of thiophene rings is 1. The fourth-order valence-corrected chi connectivity index (χ4v) is 3.79. The van der Waals surface area contributed by atoms with Gasteiger partial charge >= 0.3 is 0 Å². The summed E-state index contributed by atoms with van der Waals surface area (Å²) in [6.07, 6.45) is -0.279. The zero-order valence-corrected chi connectivity index (χ0v) is 14.8. The summed E-state index contributed by atoms with van der Waals surface area (Å²) in [6.45, 7) is 2.32. The monoisotopic (exact) mass is 355 g/mol. The standard InChI is InChI=1S/C16H21NO4S2/c1-13-8-9-16(22-13)15(20-2)12-17-23(18,19)11-10-21-14-6-4-3-5-7-14/h3-9,15,17H,10-12H2,1-2H3. The van der Waals surface area contributed by atoms with Gasteiger partial charge in [-0.15, -0.1) is 11.3 Å². The fourth-order valence-electron chi connectivity index (χ4n) is 1.99. The van der Waals surface area contributed by atoms with E-state index in [1.54, 1.807) is 30.6 Å². The average molecular weight is 355 g/mol. The molecule has 0 aliphatic rings. The van der Waals surface area contributed by atoms with Crippen molar-refractivity contribution in [2.24, 2.45) is 0 Å². The first-order valence-corrected chi connectivity index (χ1v) is 9.71. The summed E-state index contributed by atoms with van der Waals surface area (Å²) in [5, 5.41) is 0. The van der Waals surface area contributed by atoms with E-state index in [1.807, 2.05) is 37.3 Å². The number of hydrogen-bond donors (Lipinski definition) is 1. The highest BCUT2D eigenvalue weighted by Gasteiger charge is 2.17. The van der Waals surface area contributed by atoms with Gasteiger partial charge in [-0.2, -0.15) is 0 Å². The van der Waals surface area contributed by atoms with Gasteiger partial charge in [0.15, 0.2) is 0 Å². The average Bonchev–Trinajstić information content (AvgIpc) is 2.95. The third kappa shape index (κ3) is 5.95. The minimum absolute atomic E-state index is 0.0954. The predicted octanol–water partition coefficient (Wildman–Crippen LogP) is 2.74. The summed E-state index contributed by atoms with van der Waals surface area (Å²) in [7, 11) is -1.83. The summed E-state index contributed by atoms with van der Waals surface area (Å²) in [6, 6.07) is 13.1. The van der Waals surface area contributed by atoms with Crippen LogP contribution in [-0.4, -0.2) is 34.4 Å². The van der Waals surface area contributed by atoms with Crippen LogP contribution in [0.1, 0.15) is 15.9 Å². The highest BCUT2D eigenvalue weighted by Crippen LogP contribution is 2.24. The van der Waals surface area contributed by atoms with Crippen LogP contribution >= 0.6 is 11.3 Å². The first-order valence-electron chi connectivity index (χ1n) is 7.24. The maximum absolute atomic E-state index is 12.0. The smallest absolute Gasteiger partial charge is 0.215 e. The topological polar surface area (TPSA) is 64.6 Å². The Morgan fingerprint density at radius 1 is 1.17 bits per heavy atom. The van der Waals surface area contributed by atoms with Crippen LogP contribution in [0.5, 0.6) is 5.75 Å². The molecule has 7 heteroatoms. The minimum Gasteiger partial charge on any atom is -0.492 e. The van der Waals surface area contributed by atoms with Crippen molar-refractivity contribution in [3.63, 3.8) is 0 Å². The summed E-state index contributed by atoms with van der Waals surface area (Å²) < 4.78 is 37.4. The molecule has 0 aliphatic heterocycles. The number of hydrogen-bond acceptors (Lipinski definition) is 5. The Kier molecular flexibility index (Phi) is 6.59. The van der Waals surface area contributed by atoms with E-state index >= 15 is 0 Å². The Bertz CT molecular complexity index is 698. The van der Waals surface area contributed by atoms with Crippen LogP contribution in [0.2, 0.25) is 0 Å². The Balaban J connectivity index is 1.81. The minimum atomic E-state index is -3.41. The molecule has 1 aromatic heterocycles. The number of methoxy groups -OCH3 is 1. The van der Waals surface area contributed by atoms with Gasteiger partial charge in [0.1, 0.15) is 18.5 Å². The van der Waals surface area contributed by atoms with E-state index < -0.39 is 10.0 Å². The van der Waals surface area contributed by atoms with Gasteiger partial charge in [-0.25, -0.2) is 13.1 Å². The number of para-hydroxylation sites is 1. The van der Waals surface area contributed by atoms with Crippen molar-refractivity contribution in [2.75, 3.05) is 26.0 Å². The molecule has 0 saturated carbocycles. The van der Waals surface area contributed by atoms with Crippen LogP contribution in [0, 0.1) is 6.92 Å². The lowest BCUT2D eigenvalue weighted by molar-refractivity contribution is 0.110. The molecule has 1 heterocycles. The molecular weight excluding hydrogens is 334 g/mol. The summed E-state index contributed by atoms with van der Waals surface area (Å²) >= 11 is 1.60. The highest BCUT2D eigenvalue weighted by atomic mass is 32.2. The molecule has 2 rings (SSSR count). The molecule has 0 radical (unpaired) electrons. The summed E-state index contributed by atoms with van der Waals surface area (Å²) in [5.74, 6) is 0.563. The molecule has 1 N–H and O–H groups in total. The van der Waals surface area contributed by atoms with E-state index in [9.17, 15) is 8.42 Å². The first kappa shape index (κ1) is 17.9. The molecule has 0 amide bonds. The molecule has 1 unspecified atom stereocenters. The summed E-state index contributed by atoms with van der Waals surface area (Å²) in [4.78, 5) is 2.18. The fraction of sp³-hybridized carbons (Fsp3) is 0.375. The van der Waals surface area contributed by atoms with Crippen molar-refractivity contribution in [3.8, 4) is 5.75 Å². The Hall–Kier alpha value is -1.41. The van der Waals surface area contributed by atoms with E-state index in [-0.39, 0.29) is 25.0 Å². The van der Waals surface area contributed by atoms with E-state index in [1.165, 1.54) is 4.88 Å². The number of rotatable bonds is 9. The molecule has 1 aromatic carbocycles. The maximum Gasteiger partial charge on any atom is 0.215 e. The molecule has 0 fully saturated rings. The van der Waals surface area contributed by atoms with E-state index in [2.05, 4.69) is 4.72 Å². The Morgan fingerprint density at radius 2 is 1.91 bits per heavy atom. The summed E-state index contributed by atoms with van der Waals surface area (Å²) in [5.41, 5.74) is 0. The van der Waals surface area contributed by atoms with Crippen LogP contribution in [0.3, 0.4) is 0 Å². The second kappa shape index (κ2) is 8.44. The Labute approximate surface area is 141 Å². The quantitative estimate of drug-likeness (QED) is 0.751. The van der Waals surface area contributed by atoms with Crippen molar-refractivity contribution < 1.29 is 17.9 Å². The van der Waals surface area contributed by atoms with Crippen LogP contribution in [0.4, 0.5) is 0 Å². The van der Waals surface area contributed by atoms with Crippen LogP contribution in [0.25, 0.3) is 0 Å². The van der Waals surface area contributed by atoms with Crippen molar-refractivity contribution in [3.05, 3.63) is 52.2 Å². The van der Waals surface area contributed by atoms with Crippen molar-refractivity contribution in [1.82, 2.24) is 4.72 Å². The lowest BCUT2D eigenvalue weighted by atomic mass is 10.3. The molecule has 0 aliphatic carbocycles. The zero-order valence-electron chi connectivity index (χ0n) is 13.2. The van der Waals surface area contributed by atoms with E-state index in [4.69, 9.17) is 9.47 Å². The number of aryl methyl sites for hydroxylation is 1. The van der Waals surface area contributed by atoms with Gasteiger partial charge in [-0.1, -0.05) is 18.2 Å². The number of sulfonamides is 1. The molecule has 2 aromatic rings. The van der Waals surface area contributed by atoms with Crippen LogP contribution in [-0.2, 0) is 14.8 Å². The molecule has 23 heavy (non-hydrogen) atoms. The van der Waals surface area contributed by atoms with Crippen LogP contribution < -0.4 is 9.46 Å². The van der Waals surface area contributed by atoms with Gasteiger partial charge in [0.05, 0.1) is 5.75 Å². The number of ether oxygens (including phenoxy) is 2. The van der Waals surface area contributed by atoms with Crippen molar-refractivity contribution in [1.29, 1.82) is 0 Å². The third-order valence-electron chi connectivity index (χ3n) is 3.22. The van der Waals surface area contributed by atoms with Gasteiger partial charge in [0.2, 0.25) is 10.0 Å². The van der Waals surface area contributed by atoms with Gasteiger partial charge in [-0.05, 0) is 31.2 Å². The molecule has 126 valence electrons. The Morgan fingerprint density at radius 3 is 2.52 bits per heavy atom. The van der Waals surface area contributed by atoms with E-state index in [0.717, 1.165) is 4.88 Å². The maximum atomic E-state index is 12.0. The van der Waals surface area contributed by atoms with Gasteiger partial charge < -0.3 is 9.47 Å². The molecule has 0 saturated heterocycles. The van der Waals surface area contributed by atoms with Crippen molar-refractivity contribution >= 4 is 21.4 Å². The molecular formula is C16H21NO4S2. The van der Waals surface area contributed by atoms with E-state index in [0.29, 0.717) is 5.75 Å². The SMILES string of the molecule is COC(CNS(=O)(=O)CCOc1ccccc1)c1ccc(C)s1. The second-order valence-electron chi connectivity index (χ2n) is 5.00. The van der Waals surface area contributed by atoms with Crippen molar-refractivity contribution in [2.45, 2.75) is 13.0 Å². The first-order chi connectivity index (χ1) is 11.0. The lowest BCUT2D eigenvalue weighted by Gasteiger charge is -2.15. The molecule has 5 nitrogen and oxygen atoms in total. The normalized spacial score (nSPS) is 13.0. The molecule has 1 atom stereocenters. The number of benzene rings is 1. The second-order valence-corrected chi connectivity index (χ2v) is 8.25. The predicted molar refractivity (Wildman–Crippen MR) is 92.5 cm³/mol. The molecule has 0 spiro atoms. The van der Waals surface area contributed by atoms with Gasteiger partial charge in [0.25, 0.3) is 0 Å². The largest absolute Gasteiger partial charge is 0.492 e. The van der Waals surface area contributed by atoms with Gasteiger partial charge in [0, 0.05) is 23.4 Å².